The number of benzene rings is 1. The third kappa shape index (κ3) is 3.05. The molecule has 3 N–H and O–H groups in total. The van der Waals surface area contributed by atoms with Crippen molar-refractivity contribution in [1.82, 2.24) is 0 Å². The second-order valence-corrected chi connectivity index (χ2v) is 5.90. The fourth-order valence-corrected chi connectivity index (χ4v) is 2.67. The van der Waals surface area contributed by atoms with Crippen molar-refractivity contribution >= 4 is 11.6 Å². The summed E-state index contributed by atoms with van der Waals surface area (Å²) in [6, 6.07) is 3.07. The average Bonchev–Trinajstić information content (AvgIpc) is 2.72. The summed E-state index contributed by atoms with van der Waals surface area (Å²) in [4.78, 5) is 12.4. The Morgan fingerprint density at radius 1 is 1.43 bits per heavy atom. The molecule has 1 amide bonds. The molecule has 1 aliphatic carbocycles. The Bertz CT molecular complexity index is 556. The van der Waals surface area contributed by atoms with E-state index in [2.05, 4.69) is 5.32 Å². The molecule has 1 aliphatic rings. The topological polar surface area (TPSA) is 55.1 Å². The Labute approximate surface area is 121 Å². The molecule has 1 aromatic carbocycles. The van der Waals surface area contributed by atoms with Crippen molar-refractivity contribution in [2.24, 2.45) is 11.1 Å². The van der Waals surface area contributed by atoms with Gasteiger partial charge in [-0.3, -0.25) is 4.79 Å². The largest absolute Gasteiger partial charge is 0.416 e. The van der Waals surface area contributed by atoms with Crippen LogP contribution in [0.25, 0.3) is 0 Å². The zero-order valence-electron chi connectivity index (χ0n) is 12.1. The number of nitrogens with two attached hydrogens (primary N) is 1. The molecule has 116 valence electrons. The average molecular weight is 300 g/mol. The Morgan fingerprint density at radius 2 is 2.10 bits per heavy atom. The minimum Gasteiger partial charge on any atom is -0.327 e. The minimum absolute atomic E-state index is 0.190. The lowest BCUT2D eigenvalue weighted by atomic mass is 9.84. The van der Waals surface area contributed by atoms with Crippen LogP contribution in [0.1, 0.15) is 37.3 Å². The number of anilines is 1. The minimum atomic E-state index is -4.43. The van der Waals surface area contributed by atoms with Crippen molar-refractivity contribution in [2.75, 3.05) is 5.32 Å². The highest BCUT2D eigenvalue weighted by Crippen LogP contribution is 2.38. The lowest BCUT2D eigenvalue weighted by Gasteiger charge is -2.28. The molecule has 0 radical (unpaired) electrons. The highest BCUT2D eigenvalue weighted by Gasteiger charge is 2.43. The molecular weight excluding hydrogens is 281 g/mol. The first-order valence-electron chi connectivity index (χ1n) is 6.89. The number of hydrogen-bond acceptors (Lipinski definition) is 2. The fourth-order valence-electron chi connectivity index (χ4n) is 2.67. The van der Waals surface area contributed by atoms with Crippen LogP contribution in [0.5, 0.6) is 0 Å². The molecule has 2 rings (SSSR count). The van der Waals surface area contributed by atoms with Gasteiger partial charge in [-0.15, -0.1) is 0 Å². The van der Waals surface area contributed by atoms with Crippen molar-refractivity contribution in [2.45, 2.75) is 45.3 Å². The Kier molecular flexibility index (Phi) is 4.02. The lowest BCUT2D eigenvalue weighted by molar-refractivity contribution is -0.137. The fraction of sp³-hybridized carbons (Fsp3) is 0.533. The molecule has 0 saturated heterocycles. The van der Waals surface area contributed by atoms with Crippen LogP contribution in [0.3, 0.4) is 0 Å². The molecule has 0 spiro atoms. The molecule has 3 nitrogen and oxygen atoms in total. The second kappa shape index (κ2) is 5.33. The van der Waals surface area contributed by atoms with E-state index in [9.17, 15) is 18.0 Å². The third-order valence-corrected chi connectivity index (χ3v) is 4.36. The smallest absolute Gasteiger partial charge is 0.327 e. The second-order valence-electron chi connectivity index (χ2n) is 5.90. The standard InChI is InChI=1S/C15H19F3N2O/c1-9-5-6-10(15(16,17)18)8-11(9)20-13(21)14(2)7-3-4-12(14)19/h5-6,8,12H,3-4,7,19H2,1-2H3,(H,20,21). The molecule has 0 bridgehead atoms. The van der Waals surface area contributed by atoms with E-state index in [4.69, 9.17) is 5.73 Å². The van der Waals surface area contributed by atoms with Crippen LogP contribution >= 0.6 is 0 Å². The van der Waals surface area contributed by atoms with Gasteiger partial charge < -0.3 is 11.1 Å². The Morgan fingerprint density at radius 3 is 2.62 bits per heavy atom. The van der Waals surface area contributed by atoms with Gasteiger partial charge in [0.2, 0.25) is 5.91 Å². The summed E-state index contributed by atoms with van der Waals surface area (Å²) in [5.41, 5.74) is 5.25. The molecule has 0 heterocycles. The summed E-state index contributed by atoms with van der Waals surface area (Å²) in [6.45, 7) is 3.43. The molecule has 6 heteroatoms. The Balaban J connectivity index is 2.25. The van der Waals surface area contributed by atoms with Gasteiger partial charge in [-0.1, -0.05) is 12.5 Å². The van der Waals surface area contributed by atoms with E-state index >= 15 is 0 Å². The van der Waals surface area contributed by atoms with Crippen LogP contribution in [0.15, 0.2) is 18.2 Å². The predicted molar refractivity (Wildman–Crippen MR) is 74.7 cm³/mol. The van der Waals surface area contributed by atoms with Gasteiger partial charge in [0.25, 0.3) is 0 Å². The van der Waals surface area contributed by atoms with Crippen LogP contribution in [0.4, 0.5) is 18.9 Å². The van der Waals surface area contributed by atoms with Crippen LogP contribution in [0.2, 0.25) is 0 Å². The van der Waals surface area contributed by atoms with E-state index < -0.39 is 17.2 Å². The zero-order chi connectivity index (χ0) is 15.8. The van der Waals surface area contributed by atoms with E-state index in [-0.39, 0.29) is 17.6 Å². The van der Waals surface area contributed by atoms with E-state index in [1.165, 1.54) is 6.07 Å². The summed E-state index contributed by atoms with van der Waals surface area (Å²) < 4.78 is 38.2. The van der Waals surface area contributed by atoms with Gasteiger partial charge in [-0.25, -0.2) is 0 Å². The van der Waals surface area contributed by atoms with Gasteiger partial charge in [0.05, 0.1) is 11.0 Å². The van der Waals surface area contributed by atoms with E-state index in [1.54, 1.807) is 13.8 Å². The summed E-state index contributed by atoms with van der Waals surface area (Å²) in [5.74, 6) is -0.310. The van der Waals surface area contributed by atoms with Crippen molar-refractivity contribution in [3.8, 4) is 0 Å². The van der Waals surface area contributed by atoms with E-state index in [0.29, 0.717) is 12.0 Å². The summed E-state index contributed by atoms with van der Waals surface area (Å²) >= 11 is 0. The first kappa shape index (κ1) is 15.8. The number of hydrogen-bond donors (Lipinski definition) is 2. The van der Waals surface area contributed by atoms with Crippen molar-refractivity contribution in [3.63, 3.8) is 0 Å². The molecular formula is C15H19F3N2O. The SMILES string of the molecule is Cc1ccc(C(F)(F)F)cc1NC(=O)C1(C)CCCC1N. The maximum Gasteiger partial charge on any atom is 0.416 e. The molecule has 21 heavy (non-hydrogen) atoms. The van der Waals surface area contributed by atoms with Crippen LogP contribution in [-0.4, -0.2) is 11.9 Å². The predicted octanol–water partition coefficient (Wildman–Crippen LogP) is 3.47. The number of carbonyl (C=O) groups is 1. The highest BCUT2D eigenvalue weighted by molar-refractivity contribution is 5.96. The quantitative estimate of drug-likeness (QED) is 0.878. The summed E-state index contributed by atoms with van der Waals surface area (Å²) in [7, 11) is 0. The molecule has 0 aliphatic heterocycles. The van der Waals surface area contributed by atoms with Gasteiger partial charge in [0, 0.05) is 11.7 Å². The van der Waals surface area contributed by atoms with Crippen molar-refractivity contribution in [1.29, 1.82) is 0 Å². The number of aryl methyl sites for hydroxylation is 1. The van der Waals surface area contributed by atoms with Crippen LogP contribution in [0, 0.1) is 12.3 Å². The lowest BCUT2D eigenvalue weighted by Crippen LogP contribution is -2.44. The van der Waals surface area contributed by atoms with Crippen molar-refractivity contribution in [3.05, 3.63) is 29.3 Å². The number of nitrogens with one attached hydrogen (secondary N) is 1. The summed E-state index contributed by atoms with van der Waals surface area (Å²) in [5, 5.41) is 2.62. The third-order valence-electron chi connectivity index (χ3n) is 4.36. The first-order valence-corrected chi connectivity index (χ1v) is 6.89. The maximum absolute atomic E-state index is 12.7. The monoisotopic (exact) mass is 300 g/mol. The number of carbonyl (C=O) groups excluding carboxylic acids is 1. The highest BCUT2D eigenvalue weighted by atomic mass is 19.4. The van der Waals surface area contributed by atoms with Gasteiger partial charge in [0.1, 0.15) is 0 Å². The molecule has 1 saturated carbocycles. The van der Waals surface area contributed by atoms with E-state index in [0.717, 1.165) is 25.0 Å². The van der Waals surface area contributed by atoms with Gasteiger partial charge in [-0.05, 0) is 44.4 Å². The van der Waals surface area contributed by atoms with Crippen LogP contribution < -0.4 is 11.1 Å². The van der Waals surface area contributed by atoms with Gasteiger partial charge >= 0.3 is 6.18 Å². The van der Waals surface area contributed by atoms with Gasteiger partial charge in [0.15, 0.2) is 0 Å². The normalized spacial score (nSPS) is 25.9. The number of alkyl halides is 3. The number of rotatable bonds is 2. The maximum atomic E-state index is 12.7. The molecule has 2 atom stereocenters. The first-order chi connectivity index (χ1) is 9.64. The number of halogens is 3. The Hall–Kier alpha value is -1.56. The number of amides is 1. The summed E-state index contributed by atoms with van der Waals surface area (Å²) in [6.07, 6.45) is -2.17. The molecule has 1 aromatic rings. The molecule has 1 fully saturated rings. The molecule has 2 unspecified atom stereocenters. The van der Waals surface area contributed by atoms with Crippen LogP contribution in [-0.2, 0) is 11.0 Å². The zero-order valence-corrected chi connectivity index (χ0v) is 12.1. The van der Waals surface area contributed by atoms with E-state index in [1.807, 2.05) is 0 Å². The van der Waals surface area contributed by atoms with Crippen molar-refractivity contribution < 1.29 is 18.0 Å². The molecule has 0 aromatic heterocycles. The van der Waals surface area contributed by atoms with Gasteiger partial charge in [-0.2, -0.15) is 13.2 Å².